The minimum absolute atomic E-state index is 0.00533. The Kier molecular flexibility index (Phi) is 10.1. The molecule has 0 aromatic heterocycles. The van der Waals surface area contributed by atoms with Gasteiger partial charge in [0.25, 0.3) is 0 Å². The Bertz CT molecular complexity index is 1620. The van der Waals surface area contributed by atoms with E-state index in [1.165, 1.54) is 11.1 Å². The van der Waals surface area contributed by atoms with Crippen molar-refractivity contribution < 1.29 is 20.4 Å². The van der Waals surface area contributed by atoms with E-state index >= 15 is 0 Å². The summed E-state index contributed by atoms with van der Waals surface area (Å²) in [4.78, 5) is 4.32. The van der Waals surface area contributed by atoms with Crippen LogP contribution < -0.4 is 9.80 Å². The molecular weight excluding hydrogens is 584 g/mol. The molecule has 0 aliphatic heterocycles. The first-order chi connectivity index (χ1) is 23.1. The van der Waals surface area contributed by atoms with Gasteiger partial charge in [0.15, 0.2) is 0 Å². The van der Waals surface area contributed by atoms with Crippen LogP contribution in [0.3, 0.4) is 0 Å². The van der Waals surface area contributed by atoms with Gasteiger partial charge in [-0.15, -0.1) is 0 Å². The first-order valence-corrected chi connectivity index (χ1v) is 15.7. The third kappa shape index (κ3) is 7.43. The molecule has 4 N–H and O–H groups in total. The highest BCUT2D eigenvalue weighted by atomic mass is 16.3. The molecule has 0 spiro atoms. The molecule has 0 atom stereocenters. The third-order valence-electron chi connectivity index (χ3n) is 8.31. The fourth-order valence-corrected chi connectivity index (χ4v) is 5.66. The van der Waals surface area contributed by atoms with Gasteiger partial charge in [-0.2, -0.15) is 0 Å². The molecular formula is C41H38N2O4. The van der Waals surface area contributed by atoms with E-state index in [1.807, 2.05) is 97.1 Å². The van der Waals surface area contributed by atoms with Gasteiger partial charge in [-0.3, -0.25) is 0 Å². The molecule has 0 amide bonds. The lowest BCUT2D eigenvalue weighted by Gasteiger charge is -2.26. The van der Waals surface area contributed by atoms with Crippen molar-refractivity contribution in [2.75, 3.05) is 9.80 Å². The molecule has 0 aliphatic carbocycles. The highest BCUT2D eigenvalue weighted by Gasteiger charge is 2.15. The van der Waals surface area contributed by atoms with E-state index in [9.17, 15) is 20.4 Å². The maximum absolute atomic E-state index is 9.54. The number of aliphatic hydroxyl groups excluding tert-OH is 4. The molecule has 47 heavy (non-hydrogen) atoms. The minimum atomic E-state index is -0.00533. The van der Waals surface area contributed by atoms with Gasteiger partial charge in [-0.25, -0.2) is 0 Å². The summed E-state index contributed by atoms with van der Waals surface area (Å²) in [5.74, 6) is 0. The summed E-state index contributed by atoms with van der Waals surface area (Å²) in [6.45, 7) is -0.0213. The topological polar surface area (TPSA) is 87.4 Å². The zero-order chi connectivity index (χ0) is 32.6. The highest BCUT2D eigenvalue weighted by Crippen LogP contribution is 2.37. The second kappa shape index (κ2) is 14.9. The Hall–Kier alpha value is -5.24. The largest absolute Gasteiger partial charge is 0.392 e. The molecule has 0 bridgehead atoms. The SMILES string of the molecule is OCc1ccc(N(c2ccc(CO)cc2)c2ccc(Cc3ccc(N(c4ccc(CO)cc4)c4ccc(CO)cc4)cc3)cc2)cc1. The van der Waals surface area contributed by atoms with Crippen LogP contribution in [-0.2, 0) is 32.8 Å². The average molecular weight is 623 g/mol. The fraction of sp³-hybridized carbons (Fsp3) is 0.122. The smallest absolute Gasteiger partial charge is 0.0681 e. The average Bonchev–Trinajstić information content (AvgIpc) is 3.14. The van der Waals surface area contributed by atoms with Crippen LogP contribution in [0.5, 0.6) is 0 Å². The van der Waals surface area contributed by atoms with Gasteiger partial charge >= 0.3 is 0 Å². The van der Waals surface area contributed by atoms with Crippen LogP contribution in [0.15, 0.2) is 146 Å². The molecule has 6 heteroatoms. The summed E-state index contributed by atoms with van der Waals surface area (Å²) in [6, 6.07) is 48.6. The van der Waals surface area contributed by atoms with Crippen LogP contribution >= 0.6 is 0 Å². The monoisotopic (exact) mass is 622 g/mol. The number of benzene rings is 6. The molecule has 0 saturated heterocycles. The lowest BCUT2D eigenvalue weighted by Crippen LogP contribution is -2.10. The molecule has 0 aliphatic rings. The van der Waals surface area contributed by atoms with Crippen LogP contribution in [0.25, 0.3) is 0 Å². The van der Waals surface area contributed by atoms with Gasteiger partial charge in [-0.05, 0) is 113 Å². The van der Waals surface area contributed by atoms with E-state index in [0.717, 1.165) is 62.8 Å². The zero-order valence-corrected chi connectivity index (χ0v) is 26.1. The van der Waals surface area contributed by atoms with E-state index < -0.39 is 0 Å². The second-order valence-electron chi connectivity index (χ2n) is 11.5. The Morgan fingerprint density at radius 1 is 0.255 bits per heavy atom. The van der Waals surface area contributed by atoms with E-state index in [4.69, 9.17) is 0 Å². The van der Waals surface area contributed by atoms with E-state index in [-0.39, 0.29) is 26.4 Å². The number of rotatable bonds is 12. The lowest BCUT2D eigenvalue weighted by molar-refractivity contribution is 0.281. The predicted octanol–water partition coefficient (Wildman–Crippen LogP) is 8.19. The first-order valence-electron chi connectivity index (χ1n) is 15.7. The van der Waals surface area contributed by atoms with Gasteiger partial charge in [0.1, 0.15) is 0 Å². The molecule has 0 unspecified atom stereocenters. The summed E-state index contributed by atoms with van der Waals surface area (Å²) in [7, 11) is 0. The van der Waals surface area contributed by atoms with Crippen molar-refractivity contribution in [3.63, 3.8) is 0 Å². The predicted molar refractivity (Wildman–Crippen MR) is 189 cm³/mol. The number of nitrogens with zero attached hydrogens (tertiary/aromatic N) is 2. The van der Waals surface area contributed by atoms with Crippen LogP contribution in [0, 0.1) is 0 Å². The van der Waals surface area contributed by atoms with Crippen LogP contribution in [-0.4, -0.2) is 20.4 Å². The summed E-state index contributed by atoms with van der Waals surface area (Å²) < 4.78 is 0. The number of anilines is 6. The van der Waals surface area contributed by atoms with Crippen molar-refractivity contribution in [1.29, 1.82) is 0 Å². The highest BCUT2D eigenvalue weighted by molar-refractivity contribution is 5.78. The number of aliphatic hydroxyl groups is 4. The van der Waals surface area contributed by atoms with Crippen LogP contribution in [0.2, 0.25) is 0 Å². The molecule has 0 saturated carbocycles. The lowest BCUT2D eigenvalue weighted by atomic mass is 10.0. The number of hydrogen-bond donors (Lipinski definition) is 4. The van der Waals surface area contributed by atoms with Gasteiger partial charge in [0, 0.05) is 34.1 Å². The zero-order valence-electron chi connectivity index (χ0n) is 26.1. The molecule has 6 nitrogen and oxygen atoms in total. The Morgan fingerprint density at radius 3 is 0.596 bits per heavy atom. The standard InChI is InChI=1S/C41H38N2O4/c44-26-32-5-17-38(18-6-32)42(39-19-7-33(27-45)8-20-39)36-13-1-30(2-14-36)25-31-3-15-37(16-4-31)43(40-21-9-34(28-46)10-22-40)41-23-11-35(29-47)12-24-41/h1-24,44-47H,25-29H2. The summed E-state index contributed by atoms with van der Waals surface area (Å²) in [5.41, 5.74) is 11.7. The van der Waals surface area contributed by atoms with Gasteiger partial charge < -0.3 is 30.2 Å². The maximum atomic E-state index is 9.54. The molecule has 0 radical (unpaired) electrons. The van der Waals surface area contributed by atoms with Crippen LogP contribution in [0.4, 0.5) is 34.1 Å². The van der Waals surface area contributed by atoms with Crippen molar-refractivity contribution in [2.45, 2.75) is 32.8 Å². The first kappa shape index (κ1) is 31.7. The third-order valence-corrected chi connectivity index (χ3v) is 8.31. The van der Waals surface area contributed by atoms with E-state index in [1.54, 1.807) is 0 Å². The van der Waals surface area contributed by atoms with Crippen LogP contribution in [0.1, 0.15) is 33.4 Å². The molecule has 236 valence electrons. The van der Waals surface area contributed by atoms with Crippen molar-refractivity contribution in [3.8, 4) is 0 Å². The van der Waals surface area contributed by atoms with Crippen molar-refractivity contribution in [3.05, 3.63) is 179 Å². The maximum Gasteiger partial charge on any atom is 0.0681 e. The molecule has 6 aromatic carbocycles. The molecule has 0 fully saturated rings. The second-order valence-corrected chi connectivity index (χ2v) is 11.5. The van der Waals surface area contributed by atoms with Crippen molar-refractivity contribution in [2.24, 2.45) is 0 Å². The van der Waals surface area contributed by atoms with Crippen molar-refractivity contribution >= 4 is 34.1 Å². The molecule has 0 heterocycles. The minimum Gasteiger partial charge on any atom is -0.392 e. The van der Waals surface area contributed by atoms with E-state index in [0.29, 0.717) is 0 Å². The van der Waals surface area contributed by atoms with Gasteiger partial charge in [0.05, 0.1) is 26.4 Å². The number of hydrogen-bond acceptors (Lipinski definition) is 6. The summed E-state index contributed by atoms with van der Waals surface area (Å²) in [6.07, 6.45) is 0.771. The van der Waals surface area contributed by atoms with Gasteiger partial charge in [-0.1, -0.05) is 72.8 Å². The Morgan fingerprint density at radius 2 is 0.426 bits per heavy atom. The Balaban J connectivity index is 1.24. The molecule has 6 aromatic rings. The summed E-state index contributed by atoms with van der Waals surface area (Å²) >= 11 is 0. The Labute approximate surface area is 275 Å². The fourth-order valence-electron chi connectivity index (χ4n) is 5.66. The van der Waals surface area contributed by atoms with Gasteiger partial charge in [0.2, 0.25) is 0 Å². The summed E-state index contributed by atoms with van der Waals surface area (Å²) in [5, 5.41) is 38.2. The normalized spacial score (nSPS) is 11.0. The van der Waals surface area contributed by atoms with Crippen molar-refractivity contribution in [1.82, 2.24) is 0 Å². The molecule has 6 rings (SSSR count). The van der Waals surface area contributed by atoms with E-state index in [2.05, 4.69) is 58.3 Å². The quantitative estimate of drug-likeness (QED) is 0.110.